The minimum Gasteiger partial charge on any atom is -0.510 e. The van der Waals surface area contributed by atoms with Gasteiger partial charge in [0.05, 0.1) is 13.2 Å². The summed E-state index contributed by atoms with van der Waals surface area (Å²) in [5.41, 5.74) is 0. The van der Waals surface area contributed by atoms with Crippen LogP contribution in [0.1, 0.15) is 0 Å². The van der Waals surface area contributed by atoms with Gasteiger partial charge in [-0.05, 0) is 6.08 Å². The van der Waals surface area contributed by atoms with Gasteiger partial charge in [-0.2, -0.15) is 0 Å². The molecule has 0 aromatic carbocycles. The Hall–Kier alpha value is 2.30. The first-order chi connectivity index (χ1) is 4.74. The van der Waals surface area contributed by atoms with Crippen molar-refractivity contribution >= 4 is 0 Å². The number of ether oxygens (including phenoxy) is 1. The first-order valence-electron chi connectivity index (χ1n) is 3.05. The Balaban J connectivity index is 0. The summed E-state index contributed by atoms with van der Waals surface area (Å²) in [6, 6.07) is 0. The summed E-state index contributed by atoms with van der Waals surface area (Å²) in [7, 11) is 0. The molecule has 4 nitrogen and oxygen atoms in total. The second-order valence-corrected chi connectivity index (χ2v) is 2.16. The van der Waals surface area contributed by atoms with Crippen LogP contribution in [-0.2, 0) is 4.74 Å². The van der Waals surface area contributed by atoms with Gasteiger partial charge in [-0.25, -0.2) is 0 Å². The van der Waals surface area contributed by atoms with Crippen molar-refractivity contribution in [3.63, 3.8) is 0 Å². The minimum atomic E-state index is -0.928. The standard InChI is InChI=1S/C6H10O4.2Ac/c7-2-4-1-5(8)6(9)3-10-4;;/h1,4,6-9H,2-3H2;;. The fourth-order valence-electron chi connectivity index (χ4n) is 0.755. The molecule has 0 amide bonds. The average molecular weight is 600 g/mol. The summed E-state index contributed by atoms with van der Waals surface area (Å²) >= 11 is 0. The van der Waals surface area contributed by atoms with Crippen molar-refractivity contribution in [2.75, 3.05) is 13.2 Å². The molecular weight excluding hydrogens is 590 g/mol. The second kappa shape index (κ2) is 8.60. The van der Waals surface area contributed by atoms with Crippen LogP contribution in [0.2, 0.25) is 0 Å². The van der Waals surface area contributed by atoms with Gasteiger partial charge in [0.15, 0.2) is 0 Å². The Labute approximate surface area is 142 Å². The van der Waals surface area contributed by atoms with Crippen molar-refractivity contribution in [2.24, 2.45) is 0 Å². The van der Waals surface area contributed by atoms with Crippen molar-refractivity contribution in [1.29, 1.82) is 0 Å². The van der Waals surface area contributed by atoms with Crippen molar-refractivity contribution in [1.82, 2.24) is 0 Å². The minimum absolute atomic E-state index is 0. The van der Waals surface area contributed by atoms with Crippen LogP contribution in [0.5, 0.6) is 0 Å². The van der Waals surface area contributed by atoms with Gasteiger partial charge in [0.2, 0.25) is 0 Å². The van der Waals surface area contributed by atoms with Gasteiger partial charge >= 0.3 is 0 Å². The molecule has 1 aliphatic rings. The Bertz CT molecular complexity index is 150. The van der Waals surface area contributed by atoms with Crippen LogP contribution < -0.4 is 0 Å². The van der Waals surface area contributed by atoms with E-state index in [9.17, 15) is 0 Å². The largest absolute Gasteiger partial charge is 0.510 e. The van der Waals surface area contributed by atoms with Crippen molar-refractivity contribution in [3.05, 3.63) is 11.8 Å². The number of hydrogen-bond acceptors (Lipinski definition) is 4. The average Bonchev–Trinajstić information content (AvgIpc) is 1.95. The van der Waals surface area contributed by atoms with E-state index in [4.69, 9.17) is 20.1 Å². The van der Waals surface area contributed by atoms with Gasteiger partial charge in [-0.15, -0.1) is 0 Å². The van der Waals surface area contributed by atoms with E-state index in [0.717, 1.165) is 0 Å². The smallest absolute Gasteiger partial charge is 0.134 e. The molecule has 0 aromatic rings. The van der Waals surface area contributed by atoms with E-state index in [1.54, 1.807) is 0 Å². The normalized spacial score (nSPS) is 28.0. The number of aliphatic hydroxyl groups excluding tert-OH is 3. The molecule has 2 radical (unpaired) electrons. The number of hydrogen-bond donors (Lipinski definition) is 3. The predicted molar refractivity (Wildman–Crippen MR) is 33.5 cm³/mol. The van der Waals surface area contributed by atoms with Crippen LogP contribution in [0.25, 0.3) is 0 Å². The van der Waals surface area contributed by atoms with Gasteiger partial charge in [0, 0.05) is 88.1 Å². The first-order valence-corrected chi connectivity index (χ1v) is 3.05. The summed E-state index contributed by atoms with van der Waals surface area (Å²) in [6.07, 6.45) is -0.0973. The van der Waals surface area contributed by atoms with Crippen LogP contribution in [0, 0.1) is 88.1 Å². The number of aliphatic hydroxyl groups is 3. The monoisotopic (exact) mass is 600 g/mol. The zero-order valence-corrected chi connectivity index (χ0v) is 16.0. The summed E-state index contributed by atoms with van der Waals surface area (Å²) in [5.74, 6) is -0.120. The zero-order chi connectivity index (χ0) is 7.56. The maximum absolute atomic E-state index is 8.90. The molecule has 0 fully saturated rings. The van der Waals surface area contributed by atoms with Crippen LogP contribution in [0.4, 0.5) is 0 Å². The number of rotatable bonds is 1. The molecule has 6 heteroatoms. The molecule has 0 saturated heterocycles. The fourth-order valence-corrected chi connectivity index (χ4v) is 0.755. The molecule has 0 aliphatic carbocycles. The summed E-state index contributed by atoms with van der Waals surface area (Å²) in [5, 5.41) is 26.3. The molecule has 1 aliphatic heterocycles. The summed E-state index contributed by atoms with van der Waals surface area (Å²) in [6.45, 7) is -0.121. The Kier molecular flexibility index (Phi) is 12.0. The molecular formula is C6H10Ac2O4. The van der Waals surface area contributed by atoms with Gasteiger partial charge < -0.3 is 20.1 Å². The summed E-state index contributed by atoms with van der Waals surface area (Å²) < 4.78 is 4.87. The molecule has 64 valence electrons. The Morgan fingerprint density at radius 3 is 2.50 bits per heavy atom. The SMILES string of the molecule is OCC1C=C(O)C(O)CO1.[Ac].[Ac]. The predicted octanol–water partition coefficient (Wildman–Crippen LogP) is -0.820. The fraction of sp³-hybridized carbons (Fsp3) is 0.667. The van der Waals surface area contributed by atoms with E-state index >= 15 is 0 Å². The molecule has 2 atom stereocenters. The van der Waals surface area contributed by atoms with Crippen LogP contribution >= 0.6 is 0 Å². The van der Waals surface area contributed by atoms with Gasteiger partial charge in [0.1, 0.15) is 18.0 Å². The molecule has 0 aromatic heterocycles. The third-order valence-electron chi connectivity index (χ3n) is 1.35. The molecule has 0 spiro atoms. The molecule has 12 heavy (non-hydrogen) atoms. The van der Waals surface area contributed by atoms with E-state index < -0.39 is 12.2 Å². The molecule has 2 unspecified atom stereocenters. The van der Waals surface area contributed by atoms with Crippen molar-refractivity contribution in [3.8, 4) is 0 Å². The van der Waals surface area contributed by atoms with Crippen molar-refractivity contribution < 1.29 is 108 Å². The van der Waals surface area contributed by atoms with Gasteiger partial charge in [-0.1, -0.05) is 0 Å². The van der Waals surface area contributed by atoms with Crippen LogP contribution in [0.3, 0.4) is 0 Å². The Morgan fingerprint density at radius 1 is 1.50 bits per heavy atom. The van der Waals surface area contributed by atoms with E-state index in [1.165, 1.54) is 6.08 Å². The Morgan fingerprint density at radius 2 is 2.08 bits per heavy atom. The van der Waals surface area contributed by atoms with E-state index in [-0.39, 0.29) is 107 Å². The van der Waals surface area contributed by atoms with Gasteiger partial charge in [0.25, 0.3) is 0 Å². The van der Waals surface area contributed by atoms with Crippen molar-refractivity contribution in [2.45, 2.75) is 12.2 Å². The zero-order valence-electron chi connectivity index (χ0n) is 6.55. The molecule has 1 rings (SSSR count). The third kappa shape index (κ3) is 5.25. The third-order valence-corrected chi connectivity index (χ3v) is 1.35. The van der Waals surface area contributed by atoms with E-state index in [0.29, 0.717) is 0 Å². The van der Waals surface area contributed by atoms with Crippen LogP contribution in [0.15, 0.2) is 11.8 Å². The maximum atomic E-state index is 8.90. The quantitative estimate of drug-likeness (QED) is 0.369. The molecule has 0 saturated carbocycles. The van der Waals surface area contributed by atoms with Crippen LogP contribution in [-0.4, -0.2) is 40.7 Å². The van der Waals surface area contributed by atoms with E-state index in [2.05, 4.69) is 0 Å². The topological polar surface area (TPSA) is 69.9 Å². The molecule has 0 bridgehead atoms. The maximum Gasteiger partial charge on any atom is 0.134 e. The molecule has 3 N–H and O–H groups in total. The first kappa shape index (κ1) is 16.7. The second-order valence-electron chi connectivity index (χ2n) is 2.16. The summed E-state index contributed by atoms with van der Waals surface area (Å²) in [4.78, 5) is 0. The van der Waals surface area contributed by atoms with Gasteiger partial charge in [-0.3, -0.25) is 0 Å². The van der Waals surface area contributed by atoms with E-state index in [1.807, 2.05) is 0 Å². The molecule has 1 heterocycles.